The summed E-state index contributed by atoms with van der Waals surface area (Å²) in [6, 6.07) is 5.32. The van der Waals surface area contributed by atoms with Crippen molar-refractivity contribution in [2.24, 2.45) is 5.73 Å². The van der Waals surface area contributed by atoms with Crippen LogP contribution in [0.4, 0.5) is 0 Å². The van der Waals surface area contributed by atoms with Crippen LogP contribution in [0, 0.1) is 6.92 Å². The Kier molecular flexibility index (Phi) is 7.28. The summed E-state index contributed by atoms with van der Waals surface area (Å²) in [5, 5.41) is 8.19. The molecule has 1 unspecified atom stereocenters. The lowest BCUT2D eigenvalue weighted by molar-refractivity contribution is -0.138. The van der Waals surface area contributed by atoms with E-state index in [1.54, 1.807) is 12.1 Å². The SMILES string of the molecule is CCCC(N)C(=O)O.Cc1ccc(S(=O)(=O)O)cc1. The van der Waals surface area contributed by atoms with E-state index in [-0.39, 0.29) is 4.90 Å². The van der Waals surface area contributed by atoms with Gasteiger partial charge >= 0.3 is 5.97 Å². The minimum absolute atomic E-state index is 0.0666. The van der Waals surface area contributed by atoms with Gasteiger partial charge in [0, 0.05) is 0 Å². The molecular weight excluding hydrogens is 270 g/mol. The number of carbonyl (C=O) groups is 1. The van der Waals surface area contributed by atoms with Gasteiger partial charge in [0.1, 0.15) is 6.04 Å². The molecule has 108 valence electrons. The molecule has 0 bridgehead atoms. The molecule has 0 amide bonds. The Morgan fingerprint density at radius 3 is 2.05 bits per heavy atom. The molecule has 6 nitrogen and oxygen atoms in total. The predicted molar refractivity (Wildman–Crippen MR) is 71.5 cm³/mol. The van der Waals surface area contributed by atoms with Crippen LogP contribution in [-0.4, -0.2) is 30.1 Å². The second-order valence-electron chi connectivity index (χ2n) is 4.02. The molecule has 1 aromatic carbocycles. The molecule has 4 N–H and O–H groups in total. The van der Waals surface area contributed by atoms with Crippen molar-refractivity contribution >= 4 is 16.1 Å². The van der Waals surface area contributed by atoms with Crippen molar-refractivity contribution in [3.8, 4) is 0 Å². The van der Waals surface area contributed by atoms with Crippen LogP contribution in [0.15, 0.2) is 29.2 Å². The summed E-state index contributed by atoms with van der Waals surface area (Å²) >= 11 is 0. The van der Waals surface area contributed by atoms with Crippen molar-refractivity contribution in [2.75, 3.05) is 0 Å². The number of nitrogens with two attached hydrogens (primary N) is 1. The number of carboxylic acids is 1. The third kappa shape index (κ3) is 7.55. The summed E-state index contributed by atoms with van der Waals surface area (Å²) in [4.78, 5) is 9.90. The maximum Gasteiger partial charge on any atom is 0.320 e. The van der Waals surface area contributed by atoms with Gasteiger partial charge in [-0.3, -0.25) is 9.35 Å². The van der Waals surface area contributed by atoms with Crippen molar-refractivity contribution in [1.82, 2.24) is 0 Å². The summed E-state index contributed by atoms with van der Waals surface area (Å²) in [7, 11) is -4.02. The Labute approximate surface area is 113 Å². The lowest BCUT2D eigenvalue weighted by atomic mass is 10.2. The molecule has 7 heteroatoms. The zero-order valence-electron chi connectivity index (χ0n) is 10.9. The fourth-order valence-electron chi connectivity index (χ4n) is 1.14. The molecule has 0 aliphatic rings. The molecule has 0 fully saturated rings. The van der Waals surface area contributed by atoms with Gasteiger partial charge in [0.25, 0.3) is 10.1 Å². The van der Waals surface area contributed by atoms with E-state index in [0.29, 0.717) is 6.42 Å². The number of rotatable bonds is 4. The van der Waals surface area contributed by atoms with E-state index in [9.17, 15) is 13.2 Å². The lowest BCUT2D eigenvalue weighted by Crippen LogP contribution is -2.29. The number of hydrogen-bond acceptors (Lipinski definition) is 4. The van der Waals surface area contributed by atoms with Gasteiger partial charge < -0.3 is 10.8 Å². The second kappa shape index (κ2) is 7.88. The highest BCUT2D eigenvalue weighted by Gasteiger charge is 2.08. The van der Waals surface area contributed by atoms with E-state index in [1.165, 1.54) is 12.1 Å². The van der Waals surface area contributed by atoms with Crippen molar-refractivity contribution in [1.29, 1.82) is 0 Å². The van der Waals surface area contributed by atoms with Gasteiger partial charge in [0.15, 0.2) is 0 Å². The van der Waals surface area contributed by atoms with Crippen molar-refractivity contribution in [2.45, 2.75) is 37.6 Å². The molecule has 0 saturated heterocycles. The second-order valence-corrected chi connectivity index (χ2v) is 5.44. The van der Waals surface area contributed by atoms with Crippen LogP contribution in [0.25, 0.3) is 0 Å². The molecule has 0 aromatic heterocycles. The Morgan fingerprint density at radius 2 is 1.79 bits per heavy atom. The van der Waals surface area contributed by atoms with E-state index in [0.717, 1.165) is 12.0 Å². The van der Waals surface area contributed by atoms with Crippen molar-refractivity contribution < 1.29 is 22.9 Å². The highest BCUT2D eigenvalue weighted by molar-refractivity contribution is 7.85. The van der Waals surface area contributed by atoms with Gasteiger partial charge in [0.05, 0.1) is 4.90 Å². The third-order valence-electron chi connectivity index (χ3n) is 2.24. The zero-order valence-corrected chi connectivity index (χ0v) is 11.7. The highest BCUT2D eigenvalue weighted by atomic mass is 32.2. The number of aliphatic carboxylic acids is 1. The summed E-state index contributed by atoms with van der Waals surface area (Å²) in [5.74, 6) is -0.910. The van der Waals surface area contributed by atoms with Crippen LogP contribution in [0.2, 0.25) is 0 Å². The molecule has 19 heavy (non-hydrogen) atoms. The van der Waals surface area contributed by atoms with Crippen LogP contribution in [0.3, 0.4) is 0 Å². The topological polar surface area (TPSA) is 118 Å². The number of hydrogen-bond donors (Lipinski definition) is 3. The molecule has 1 rings (SSSR count). The van der Waals surface area contributed by atoms with Crippen LogP contribution >= 0.6 is 0 Å². The van der Waals surface area contributed by atoms with Crippen LogP contribution in [0.5, 0.6) is 0 Å². The van der Waals surface area contributed by atoms with Crippen LogP contribution in [-0.2, 0) is 14.9 Å². The van der Waals surface area contributed by atoms with Crippen molar-refractivity contribution in [3.63, 3.8) is 0 Å². The summed E-state index contributed by atoms with van der Waals surface area (Å²) in [6.45, 7) is 3.75. The summed E-state index contributed by atoms with van der Waals surface area (Å²) in [6.07, 6.45) is 1.39. The Bertz CT molecular complexity index is 495. The smallest absolute Gasteiger partial charge is 0.320 e. The number of aryl methyl sites for hydroxylation is 1. The monoisotopic (exact) mass is 289 g/mol. The minimum atomic E-state index is -4.02. The zero-order chi connectivity index (χ0) is 15.1. The molecule has 0 radical (unpaired) electrons. The summed E-state index contributed by atoms with van der Waals surface area (Å²) in [5.41, 5.74) is 6.08. The molecular formula is C12H19NO5S. The van der Waals surface area contributed by atoms with Gasteiger partial charge in [-0.1, -0.05) is 31.0 Å². The standard InChI is InChI=1S/C7H8O3S.C5H11NO2/c1-6-2-4-7(5-3-6)11(8,9)10;1-2-3-4(6)5(7)8/h2-5H,1H3,(H,8,9,10);4H,2-3,6H2,1H3,(H,7,8). The Balaban J connectivity index is 0.000000362. The fourth-order valence-corrected chi connectivity index (χ4v) is 1.62. The van der Waals surface area contributed by atoms with E-state index in [4.69, 9.17) is 15.4 Å². The number of carboxylic acid groups (broad SMARTS) is 1. The van der Waals surface area contributed by atoms with Gasteiger partial charge in [-0.15, -0.1) is 0 Å². The first-order valence-electron chi connectivity index (χ1n) is 5.71. The fraction of sp³-hybridized carbons (Fsp3) is 0.417. The Hall–Kier alpha value is -1.44. The molecule has 0 aliphatic carbocycles. The largest absolute Gasteiger partial charge is 0.480 e. The molecule has 0 aliphatic heterocycles. The first-order valence-corrected chi connectivity index (χ1v) is 7.15. The van der Waals surface area contributed by atoms with Gasteiger partial charge in [0.2, 0.25) is 0 Å². The molecule has 0 heterocycles. The normalized spacial score (nSPS) is 12.2. The molecule has 0 saturated carbocycles. The maximum atomic E-state index is 10.5. The molecule has 0 spiro atoms. The van der Waals surface area contributed by atoms with E-state index in [1.807, 2.05) is 13.8 Å². The van der Waals surface area contributed by atoms with E-state index < -0.39 is 22.1 Å². The third-order valence-corrected chi connectivity index (χ3v) is 3.10. The van der Waals surface area contributed by atoms with Crippen molar-refractivity contribution in [3.05, 3.63) is 29.8 Å². The average Bonchev–Trinajstić information content (AvgIpc) is 2.29. The predicted octanol–water partition coefficient (Wildman–Crippen LogP) is 1.44. The van der Waals surface area contributed by atoms with Crippen LogP contribution < -0.4 is 5.73 Å². The maximum absolute atomic E-state index is 10.5. The van der Waals surface area contributed by atoms with E-state index >= 15 is 0 Å². The van der Waals surface area contributed by atoms with Gasteiger partial charge in [-0.2, -0.15) is 8.42 Å². The average molecular weight is 289 g/mol. The van der Waals surface area contributed by atoms with Gasteiger partial charge in [-0.05, 0) is 25.5 Å². The lowest BCUT2D eigenvalue weighted by Gasteiger charge is -2.00. The Morgan fingerprint density at radius 1 is 1.32 bits per heavy atom. The van der Waals surface area contributed by atoms with Gasteiger partial charge in [-0.25, -0.2) is 0 Å². The first-order chi connectivity index (χ1) is 8.68. The first kappa shape index (κ1) is 17.6. The van der Waals surface area contributed by atoms with E-state index in [2.05, 4.69) is 0 Å². The summed E-state index contributed by atoms with van der Waals surface area (Å²) < 4.78 is 29.6. The number of benzene rings is 1. The molecule has 1 aromatic rings. The quantitative estimate of drug-likeness (QED) is 0.722. The highest BCUT2D eigenvalue weighted by Crippen LogP contribution is 2.08. The molecule has 1 atom stereocenters. The van der Waals surface area contributed by atoms with Crippen LogP contribution in [0.1, 0.15) is 25.3 Å². The minimum Gasteiger partial charge on any atom is -0.480 e.